The number of carbonyl (C=O) groups is 2. The first-order valence-corrected chi connectivity index (χ1v) is 8.11. The monoisotopic (exact) mass is 335 g/mol. The predicted molar refractivity (Wildman–Crippen MR) is 89.7 cm³/mol. The highest BCUT2D eigenvalue weighted by atomic mass is 16.6. The van der Waals surface area contributed by atoms with Gasteiger partial charge in [0.25, 0.3) is 0 Å². The minimum atomic E-state index is -1.00. The first-order chi connectivity index (χ1) is 11.2. The van der Waals surface area contributed by atoms with Gasteiger partial charge >= 0.3 is 12.1 Å². The molecular weight excluding hydrogens is 310 g/mol. The Morgan fingerprint density at radius 2 is 1.83 bits per heavy atom. The number of hydrogen-bond acceptors (Lipinski definition) is 4. The average Bonchev–Trinajstić information content (AvgIpc) is 2.52. The maximum absolute atomic E-state index is 12.1. The van der Waals surface area contributed by atoms with Gasteiger partial charge in [-0.25, -0.2) is 9.59 Å². The molecule has 6 heteroatoms. The molecule has 0 bridgehead atoms. The van der Waals surface area contributed by atoms with E-state index < -0.39 is 11.6 Å². The van der Waals surface area contributed by atoms with Gasteiger partial charge < -0.3 is 19.5 Å². The maximum atomic E-state index is 12.1. The number of methoxy groups -OCH3 is 1. The molecule has 0 unspecified atom stereocenters. The van der Waals surface area contributed by atoms with Gasteiger partial charge in [-0.15, -0.1) is 0 Å². The fraction of sp³-hybridized carbons (Fsp3) is 0.556. The van der Waals surface area contributed by atoms with Crippen molar-refractivity contribution in [1.29, 1.82) is 0 Å². The van der Waals surface area contributed by atoms with Gasteiger partial charge in [0.15, 0.2) is 0 Å². The molecular formula is C18H25NO5. The minimum Gasteiger partial charge on any atom is -0.496 e. The van der Waals surface area contributed by atoms with E-state index in [-0.39, 0.29) is 17.6 Å². The molecule has 0 spiro atoms. The smallest absolute Gasteiger partial charge is 0.410 e. The van der Waals surface area contributed by atoms with Gasteiger partial charge in [0.2, 0.25) is 0 Å². The maximum Gasteiger partial charge on any atom is 0.410 e. The van der Waals surface area contributed by atoms with Crippen LogP contribution in [0.4, 0.5) is 4.79 Å². The molecule has 6 nitrogen and oxygen atoms in total. The number of ether oxygens (including phenoxy) is 2. The Balaban J connectivity index is 2.09. The summed E-state index contributed by atoms with van der Waals surface area (Å²) in [6.07, 6.45) is 1.20. The molecule has 0 saturated carbocycles. The number of benzene rings is 1. The highest BCUT2D eigenvalue weighted by molar-refractivity contribution is 5.91. The first kappa shape index (κ1) is 18.1. The molecule has 0 aliphatic carbocycles. The number of hydrogen-bond donors (Lipinski definition) is 1. The average molecular weight is 335 g/mol. The zero-order valence-electron chi connectivity index (χ0n) is 14.7. The molecule has 1 heterocycles. The second-order valence-electron chi connectivity index (χ2n) is 6.97. The van der Waals surface area contributed by atoms with Crippen molar-refractivity contribution >= 4 is 12.1 Å². The van der Waals surface area contributed by atoms with E-state index >= 15 is 0 Å². The zero-order chi connectivity index (χ0) is 17.9. The van der Waals surface area contributed by atoms with E-state index in [1.54, 1.807) is 17.0 Å². The van der Waals surface area contributed by atoms with Gasteiger partial charge in [-0.2, -0.15) is 0 Å². The van der Waals surface area contributed by atoms with E-state index in [0.29, 0.717) is 18.8 Å². The van der Waals surface area contributed by atoms with Crippen LogP contribution in [-0.4, -0.2) is 47.9 Å². The number of aromatic carboxylic acids is 1. The van der Waals surface area contributed by atoms with E-state index in [4.69, 9.17) is 9.47 Å². The van der Waals surface area contributed by atoms with Crippen molar-refractivity contribution in [2.45, 2.75) is 45.1 Å². The first-order valence-electron chi connectivity index (χ1n) is 8.11. The van der Waals surface area contributed by atoms with Crippen molar-refractivity contribution in [2.75, 3.05) is 20.2 Å². The second-order valence-corrected chi connectivity index (χ2v) is 6.97. The lowest BCUT2D eigenvalue weighted by atomic mass is 9.88. The summed E-state index contributed by atoms with van der Waals surface area (Å²) in [5.41, 5.74) is 0.554. The van der Waals surface area contributed by atoms with Crippen LogP contribution in [0.15, 0.2) is 18.2 Å². The Morgan fingerprint density at radius 3 is 2.33 bits per heavy atom. The number of likely N-dealkylation sites (tertiary alicyclic amines) is 1. The summed E-state index contributed by atoms with van der Waals surface area (Å²) in [4.78, 5) is 25.2. The number of carboxylic acids is 1. The topological polar surface area (TPSA) is 76.1 Å². The molecule has 1 aromatic carbocycles. The van der Waals surface area contributed by atoms with Crippen LogP contribution in [0, 0.1) is 0 Å². The molecule has 2 rings (SSSR count). The van der Waals surface area contributed by atoms with Crippen molar-refractivity contribution in [1.82, 2.24) is 4.90 Å². The summed E-state index contributed by atoms with van der Waals surface area (Å²) in [5, 5.41) is 9.29. The van der Waals surface area contributed by atoms with Crippen molar-refractivity contribution in [3.63, 3.8) is 0 Å². The molecule has 1 aromatic rings. The Hall–Kier alpha value is -2.24. The van der Waals surface area contributed by atoms with Crippen molar-refractivity contribution in [3.05, 3.63) is 29.3 Å². The predicted octanol–water partition coefficient (Wildman–Crippen LogP) is 3.51. The lowest BCUT2D eigenvalue weighted by molar-refractivity contribution is 0.0204. The van der Waals surface area contributed by atoms with Gasteiger partial charge in [-0.3, -0.25) is 0 Å². The van der Waals surface area contributed by atoms with Gasteiger partial charge in [-0.1, -0.05) is 12.1 Å². The van der Waals surface area contributed by atoms with Crippen LogP contribution in [0.25, 0.3) is 0 Å². The number of carboxylic acid groups (broad SMARTS) is 1. The van der Waals surface area contributed by atoms with E-state index in [2.05, 4.69) is 0 Å². The van der Waals surface area contributed by atoms with Gasteiger partial charge in [0.05, 0.1) is 7.11 Å². The summed E-state index contributed by atoms with van der Waals surface area (Å²) in [6, 6.07) is 5.18. The Labute approximate surface area is 142 Å². The quantitative estimate of drug-likeness (QED) is 0.915. The number of amides is 1. The summed E-state index contributed by atoms with van der Waals surface area (Å²) < 4.78 is 10.7. The Bertz CT molecular complexity index is 612. The van der Waals surface area contributed by atoms with E-state index in [1.807, 2.05) is 26.8 Å². The van der Waals surface area contributed by atoms with Crippen LogP contribution in [0.5, 0.6) is 5.75 Å². The minimum absolute atomic E-state index is 0.165. The van der Waals surface area contributed by atoms with Crippen molar-refractivity contribution in [2.24, 2.45) is 0 Å². The van der Waals surface area contributed by atoms with Gasteiger partial charge in [0.1, 0.15) is 16.9 Å². The number of carbonyl (C=O) groups excluding carboxylic acids is 1. The highest BCUT2D eigenvalue weighted by Crippen LogP contribution is 2.36. The fourth-order valence-corrected chi connectivity index (χ4v) is 2.97. The molecule has 1 saturated heterocycles. The Kier molecular flexibility index (Phi) is 5.36. The molecule has 1 fully saturated rings. The largest absolute Gasteiger partial charge is 0.496 e. The normalized spacial score (nSPS) is 15.9. The van der Waals surface area contributed by atoms with Crippen molar-refractivity contribution < 1.29 is 24.2 Å². The molecule has 0 aromatic heterocycles. The van der Waals surface area contributed by atoms with E-state index in [9.17, 15) is 14.7 Å². The molecule has 1 N–H and O–H groups in total. The van der Waals surface area contributed by atoms with Crippen LogP contribution < -0.4 is 4.74 Å². The number of nitrogens with zero attached hydrogens (tertiary/aromatic N) is 1. The lowest BCUT2D eigenvalue weighted by Crippen LogP contribution is -2.41. The van der Waals surface area contributed by atoms with E-state index in [1.165, 1.54) is 7.11 Å². The lowest BCUT2D eigenvalue weighted by Gasteiger charge is -2.34. The Morgan fingerprint density at radius 1 is 1.21 bits per heavy atom. The third-order valence-electron chi connectivity index (χ3n) is 4.07. The standard InChI is InChI=1S/C18H25NO5/c1-18(2,3)24-17(22)19-10-8-12(9-11-19)13-6-5-7-14(16(20)21)15(13)23-4/h5-7,12H,8-11H2,1-4H3,(H,20,21). The highest BCUT2D eigenvalue weighted by Gasteiger charge is 2.29. The molecule has 0 atom stereocenters. The third-order valence-corrected chi connectivity index (χ3v) is 4.07. The van der Waals surface area contributed by atoms with Gasteiger partial charge in [-0.05, 0) is 51.2 Å². The second kappa shape index (κ2) is 7.11. The number of piperidine rings is 1. The summed E-state index contributed by atoms with van der Waals surface area (Å²) >= 11 is 0. The molecule has 1 aliphatic heterocycles. The van der Waals surface area contributed by atoms with Crippen LogP contribution in [-0.2, 0) is 4.74 Å². The molecule has 0 radical (unpaired) electrons. The van der Waals surface area contributed by atoms with Crippen LogP contribution in [0.3, 0.4) is 0 Å². The fourth-order valence-electron chi connectivity index (χ4n) is 2.97. The van der Waals surface area contributed by atoms with Crippen LogP contribution in [0.2, 0.25) is 0 Å². The summed E-state index contributed by atoms with van der Waals surface area (Å²) in [6.45, 7) is 6.71. The molecule has 1 amide bonds. The molecule has 132 valence electrons. The number of rotatable bonds is 3. The number of para-hydroxylation sites is 1. The molecule has 24 heavy (non-hydrogen) atoms. The summed E-state index contributed by atoms with van der Waals surface area (Å²) in [7, 11) is 1.49. The SMILES string of the molecule is COc1c(C(=O)O)cccc1C1CCN(C(=O)OC(C)(C)C)CC1. The van der Waals surface area contributed by atoms with Crippen LogP contribution in [0.1, 0.15) is 55.5 Å². The summed E-state index contributed by atoms with van der Waals surface area (Å²) in [5.74, 6) is -0.418. The molecule has 1 aliphatic rings. The van der Waals surface area contributed by atoms with Crippen LogP contribution >= 0.6 is 0 Å². The zero-order valence-corrected chi connectivity index (χ0v) is 14.7. The van der Waals surface area contributed by atoms with E-state index in [0.717, 1.165) is 18.4 Å². The van der Waals surface area contributed by atoms with Gasteiger partial charge in [0, 0.05) is 13.1 Å². The third kappa shape index (κ3) is 4.19. The van der Waals surface area contributed by atoms with Crippen molar-refractivity contribution in [3.8, 4) is 5.75 Å².